The normalized spacial score (nSPS) is 41.7. The summed E-state index contributed by atoms with van der Waals surface area (Å²) in [5, 5.41) is 0. The van der Waals surface area contributed by atoms with Gasteiger partial charge < -0.3 is 9.64 Å². The van der Waals surface area contributed by atoms with Crippen molar-refractivity contribution in [3.63, 3.8) is 0 Å². The zero-order valence-corrected chi connectivity index (χ0v) is 6.60. The number of hydrogen-bond donors (Lipinski definition) is 0. The molecule has 0 unspecified atom stereocenters. The van der Waals surface area contributed by atoms with Gasteiger partial charge in [-0.1, -0.05) is 0 Å². The summed E-state index contributed by atoms with van der Waals surface area (Å²) in [7, 11) is 2.18. The number of ether oxygens (including phenoxy) is 1. The van der Waals surface area contributed by atoms with Crippen LogP contribution in [0.2, 0.25) is 0 Å². The predicted octanol–water partition coefficient (Wildman–Crippen LogP) is 0.871. The SMILES string of the molecule is CN1CC[C@@]2(CCCO2)C1. The molecule has 10 heavy (non-hydrogen) atoms. The fraction of sp³-hybridized carbons (Fsp3) is 1.00. The topological polar surface area (TPSA) is 12.5 Å². The molecule has 0 aromatic rings. The first-order valence-electron chi connectivity index (χ1n) is 4.13. The molecule has 2 fully saturated rings. The minimum Gasteiger partial charge on any atom is -0.374 e. The lowest BCUT2D eigenvalue weighted by molar-refractivity contribution is 0.0146. The van der Waals surface area contributed by atoms with E-state index in [4.69, 9.17) is 4.74 Å². The van der Waals surface area contributed by atoms with Crippen LogP contribution in [0.25, 0.3) is 0 Å². The van der Waals surface area contributed by atoms with Crippen LogP contribution in [0.15, 0.2) is 0 Å². The lowest BCUT2D eigenvalue weighted by atomic mass is 10.00. The van der Waals surface area contributed by atoms with Crippen LogP contribution in [0, 0.1) is 0 Å². The molecule has 0 bridgehead atoms. The summed E-state index contributed by atoms with van der Waals surface area (Å²) >= 11 is 0. The number of nitrogens with zero attached hydrogens (tertiary/aromatic N) is 1. The summed E-state index contributed by atoms with van der Waals surface area (Å²) in [6.45, 7) is 3.38. The number of likely N-dealkylation sites (N-methyl/N-ethyl adjacent to an activating group) is 1. The zero-order chi connectivity index (χ0) is 7.03. The minimum absolute atomic E-state index is 0.286. The van der Waals surface area contributed by atoms with Crippen LogP contribution in [0.3, 0.4) is 0 Å². The maximum Gasteiger partial charge on any atom is 0.0821 e. The van der Waals surface area contributed by atoms with Gasteiger partial charge >= 0.3 is 0 Å². The molecule has 0 aliphatic carbocycles. The van der Waals surface area contributed by atoms with Gasteiger partial charge in [-0.3, -0.25) is 0 Å². The number of rotatable bonds is 0. The second kappa shape index (κ2) is 2.21. The standard InChI is InChI=1S/C8H15NO/c1-9-5-4-8(7-9)3-2-6-10-8/h2-7H2,1H3/t8-/m0/s1. The first kappa shape index (κ1) is 6.62. The highest BCUT2D eigenvalue weighted by atomic mass is 16.5. The first-order valence-corrected chi connectivity index (χ1v) is 4.13. The Kier molecular flexibility index (Phi) is 1.46. The second-order valence-corrected chi connectivity index (χ2v) is 3.62. The molecule has 2 aliphatic heterocycles. The average Bonchev–Trinajstić information content (AvgIpc) is 2.46. The quantitative estimate of drug-likeness (QED) is 0.496. The molecule has 0 radical (unpaired) electrons. The third kappa shape index (κ3) is 0.956. The fourth-order valence-electron chi connectivity index (χ4n) is 2.12. The van der Waals surface area contributed by atoms with E-state index >= 15 is 0 Å². The van der Waals surface area contributed by atoms with Gasteiger partial charge in [0.15, 0.2) is 0 Å². The molecule has 2 saturated heterocycles. The van der Waals surface area contributed by atoms with Crippen molar-refractivity contribution in [3.8, 4) is 0 Å². The minimum atomic E-state index is 0.286. The van der Waals surface area contributed by atoms with Gasteiger partial charge in [0, 0.05) is 19.7 Å². The lowest BCUT2D eigenvalue weighted by Gasteiger charge is -2.21. The van der Waals surface area contributed by atoms with Crippen LogP contribution >= 0.6 is 0 Å². The Morgan fingerprint density at radius 1 is 1.40 bits per heavy atom. The second-order valence-electron chi connectivity index (χ2n) is 3.62. The van der Waals surface area contributed by atoms with Gasteiger partial charge in [0.1, 0.15) is 0 Å². The molecule has 2 rings (SSSR count). The summed E-state index contributed by atoms with van der Waals surface area (Å²) in [4.78, 5) is 2.37. The molecule has 1 atom stereocenters. The summed E-state index contributed by atoms with van der Waals surface area (Å²) in [5.74, 6) is 0. The fourth-order valence-corrected chi connectivity index (χ4v) is 2.12. The van der Waals surface area contributed by atoms with Crippen LogP contribution in [-0.4, -0.2) is 37.2 Å². The molecule has 0 saturated carbocycles. The van der Waals surface area contributed by atoms with Gasteiger partial charge in [0.05, 0.1) is 5.60 Å². The van der Waals surface area contributed by atoms with Crippen molar-refractivity contribution in [2.75, 3.05) is 26.7 Å². The van der Waals surface area contributed by atoms with Gasteiger partial charge in [-0.2, -0.15) is 0 Å². The van der Waals surface area contributed by atoms with E-state index in [1.54, 1.807) is 0 Å². The summed E-state index contributed by atoms with van der Waals surface area (Å²) in [6.07, 6.45) is 3.81. The van der Waals surface area contributed by atoms with Crippen LogP contribution in [0.4, 0.5) is 0 Å². The van der Waals surface area contributed by atoms with Gasteiger partial charge in [-0.05, 0) is 26.3 Å². The molecular formula is C8H15NO. The predicted molar refractivity (Wildman–Crippen MR) is 40.0 cm³/mol. The van der Waals surface area contributed by atoms with Crippen LogP contribution < -0.4 is 0 Å². The van der Waals surface area contributed by atoms with Crippen molar-refractivity contribution in [2.24, 2.45) is 0 Å². The molecular weight excluding hydrogens is 126 g/mol. The molecule has 2 heteroatoms. The molecule has 2 aliphatic rings. The molecule has 58 valence electrons. The van der Waals surface area contributed by atoms with E-state index < -0.39 is 0 Å². The largest absolute Gasteiger partial charge is 0.374 e. The molecule has 1 spiro atoms. The van der Waals surface area contributed by atoms with Crippen molar-refractivity contribution >= 4 is 0 Å². The van der Waals surface area contributed by atoms with Crippen molar-refractivity contribution in [1.82, 2.24) is 4.90 Å². The summed E-state index contributed by atoms with van der Waals surface area (Å²) in [6, 6.07) is 0. The van der Waals surface area contributed by atoms with Crippen LogP contribution in [0.1, 0.15) is 19.3 Å². The summed E-state index contributed by atoms with van der Waals surface area (Å²) < 4.78 is 5.73. The Morgan fingerprint density at radius 2 is 2.30 bits per heavy atom. The van der Waals surface area contributed by atoms with Gasteiger partial charge in [-0.25, -0.2) is 0 Å². The Hall–Kier alpha value is -0.0800. The number of hydrogen-bond acceptors (Lipinski definition) is 2. The molecule has 0 N–H and O–H groups in total. The molecule has 2 heterocycles. The summed E-state index contributed by atoms with van der Waals surface area (Å²) in [5.41, 5.74) is 0.286. The van der Waals surface area contributed by atoms with E-state index in [-0.39, 0.29) is 5.60 Å². The Labute approximate surface area is 62.2 Å². The van der Waals surface area contributed by atoms with Gasteiger partial charge in [0.2, 0.25) is 0 Å². The van der Waals surface area contributed by atoms with E-state index in [1.807, 2.05) is 0 Å². The van der Waals surface area contributed by atoms with Gasteiger partial charge in [0.25, 0.3) is 0 Å². The lowest BCUT2D eigenvalue weighted by Crippen LogP contribution is -2.30. The smallest absolute Gasteiger partial charge is 0.0821 e. The zero-order valence-electron chi connectivity index (χ0n) is 6.60. The van der Waals surface area contributed by atoms with E-state index in [2.05, 4.69) is 11.9 Å². The third-order valence-corrected chi connectivity index (χ3v) is 2.69. The van der Waals surface area contributed by atoms with Crippen LogP contribution in [-0.2, 0) is 4.74 Å². The van der Waals surface area contributed by atoms with E-state index in [1.165, 1.54) is 25.8 Å². The van der Waals surface area contributed by atoms with E-state index in [9.17, 15) is 0 Å². The first-order chi connectivity index (χ1) is 4.81. The van der Waals surface area contributed by atoms with Crippen molar-refractivity contribution < 1.29 is 4.74 Å². The van der Waals surface area contributed by atoms with E-state index in [0.29, 0.717) is 0 Å². The maximum absolute atomic E-state index is 5.73. The molecule has 0 aromatic carbocycles. The van der Waals surface area contributed by atoms with Gasteiger partial charge in [-0.15, -0.1) is 0 Å². The third-order valence-electron chi connectivity index (χ3n) is 2.69. The highest BCUT2D eigenvalue weighted by Crippen LogP contribution is 2.33. The Balaban J connectivity index is 2.03. The number of likely N-dealkylation sites (tertiary alicyclic amines) is 1. The van der Waals surface area contributed by atoms with Crippen molar-refractivity contribution in [3.05, 3.63) is 0 Å². The Bertz CT molecular complexity index is 129. The highest BCUT2D eigenvalue weighted by molar-refractivity contribution is 4.93. The molecule has 2 nitrogen and oxygen atoms in total. The van der Waals surface area contributed by atoms with Crippen molar-refractivity contribution in [1.29, 1.82) is 0 Å². The maximum atomic E-state index is 5.73. The highest BCUT2D eigenvalue weighted by Gasteiger charge is 2.40. The monoisotopic (exact) mass is 141 g/mol. The molecule has 0 aromatic heterocycles. The van der Waals surface area contributed by atoms with E-state index in [0.717, 1.165) is 13.2 Å². The van der Waals surface area contributed by atoms with Crippen LogP contribution in [0.5, 0.6) is 0 Å². The van der Waals surface area contributed by atoms with Crippen molar-refractivity contribution in [2.45, 2.75) is 24.9 Å². The molecule has 0 amide bonds. The average molecular weight is 141 g/mol. The Morgan fingerprint density at radius 3 is 2.80 bits per heavy atom.